The van der Waals surface area contributed by atoms with Crippen molar-refractivity contribution >= 4 is 21.7 Å². The molecule has 0 amide bonds. The molecular weight excluding hydrogens is 339 g/mol. The molecule has 6 heteroatoms. The number of nitrogens with zero attached hydrogens (tertiary/aromatic N) is 1. The van der Waals surface area contributed by atoms with Gasteiger partial charge in [0.25, 0.3) is 0 Å². The van der Waals surface area contributed by atoms with Crippen LogP contribution in [0.5, 0.6) is 5.75 Å². The van der Waals surface area contributed by atoms with Gasteiger partial charge in [-0.3, -0.25) is 0 Å². The minimum atomic E-state index is -0.944. The molecule has 1 aliphatic rings. The van der Waals surface area contributed by atoms with Crippen LogP contribution in [-0.4, -0.2) is 23.7 Å². The summed E-state index contributed by atoms with van der Waals surface area (Å²) in [5.41, 5.74) is 1.14. The van der Waals surface area contributed by atoms with Crippen LogP contribution >= 0.6 is 15.9 Å². The zero-order chi connectivity index (χ0) is 15.0. The van der Waals surface area contributed by atoms with Crippen molar-refractivity contribution < 1.29 is 14.2 Å². The number of hydrogen-bond acceptors (Lipinski definition) is 4. The molecule has 2 atom stereocenters. The van der Waals surface area contributed by atoms with Gasteiger partial charge >= 0.3 is 0 Å². The van der Waals surface area contributed by atoms with Crippen LogP contribution < -0.4 is 10.1 Å². The van der Waals surface area contributed by atoms with E-state index in [9.17, 15) is 9.50 Å². The summed E-state index contributed by atoms with van der Waals surface area (Å²) in [6, 6.07) is 6.38. The molecule has 1 aromatic carbocycles. The van der Waals surface area contributed by atoms with Gasteiger partial charge in [0.05, 0.1) is 13.2 Å². The average Bonchev–Trinajstić information content (AvgIpc) is 2.89. The molecule has 21 heavy (non-hydrogen) atoms. The summed E-state index contributed by atoms with van der Waals surface area (Å²) in [7, 11) is 1.48. The second kappa shape index (κ2) is 5.61. The summed E-state index contributed by atoms with van der Waals surface area (Å²) in [5, 5.41) is 13.7. The molecule has 2 N–H and O–H groups in total. The fourth-order valence-corrected chi connectivity index (χ4v) is 2.92. The first-order valence-electron chi connectivity index (χ1n) is 6.51. The van der Waals surface area contributed by atoms with E-state index in [1.165, 1.54) is 13.2 Å². The number of fused-ring (bicyclic) bond motifs is 1. The zero-order valence-corrected chi connectivity index (χ0v) is 12.9. The Hall–Kier alpha value is -1.66. The van der Waals surface area contributed by atoms with Gasteiger partial charge in [0.15, 0.2) is 0 Å². The number of nitrogens with one attached hydrogen (secondary N) is 1. The third-order valence-corrected chi connectivity index (χ3v) is 4.11. The molecule has 2 unspecified atom stereocenters. The van der Waals surface area contributed by atoms with Crippen LogP contribution in [0.1, 0.15) is 23.1 Å². The van der Waals surface area contributed by atoms with E-state index in [1.54, 1.807) is 18.3 Å². The molecule has 0 bridgehead atoms. The monoisotopic (exact) mass is 352 g/mol. The van der Waals surface area contributed by atoms with E-state index < -0.39 is 11.9 Å². The molecular formula is C15H14BrFN2O2. The van der Waals surface area contributed by atoms with Crippen molar-refractivity contribution in [2.45, 2.75) is 12.0 Å². The molecule has 1 aliphatic heterocycles. The predicted molar refractivity (Wildman–Crippen MR) is 81.1 cm³/mol. The Morgan fingerprint density at radius 2 is 2.29 bits per heavy atom. The lowest BCUT2D eigenvalue weighted by Crippen LogP contribution is -2.14. The molecule has 0 spiro atoms. The number of methoxy groups -OCH3 is 1. The second-order valence-electron chi connectivity index (χ2n) is 4.91. The van der Waals surface area contributed by atoms with E-state index in [2.05, 4.69) is 26.2 Å². The number of benzene rings is 1. The second-order valence-corrected chi connectivity index (χ2v) is 5.83. The fraction of sp³-hybridized carbons (Fsp3) is 0.267. The molecule has 4 nitrogen and oxygen atoms in total. The highest BCUT2D eigenvalue weighted by atomic mass is 79.9. The maximum atomic E-state index is 14.1. The number of rotatable bonds is 3. The Bertz CT molecular complexity index is 681. The number of ether oxygens (including phenoxy) is 1. The molecule has 110 valence electrons. The Morgan fingerprint density at radius 3 is 3.00 bits per heavy atom. The third kappa shape index (κ3) is 2.61. The minimum Gasteiger partial charge on any atom is -0.497 e. The van der Waals surface area contributed by atoms with Crippen LogP contribution in [0.4, 0.5) is 10.2 Å². The lowest BCUT2D eigenvalue weighted by Gasteiger charge is -2.19. The average molecular weight is 353 g/mol. The van der Waals surface area contributed by atoms with Gasteiger partial charge in [-0.25, -0.2) is 9.37 Å². The van der Waals surface area contributed by atoms with Crippen LogP contribution in [0.25, 0.3) is 0 Å². The molecule has 0 saturated carbocycles. The summed E-state index contributed by atoms with van der Waals surface area (Å²) in [5.74, 6) is 0.445. The van der Waals surface area contributed by atoms with Gasteiger partial charge in [0.2, 0.25) is 0 Å². The summed E-state index contributed by atoms with van der Waals surface area (Å²) in [6.07, 6.45) is 0.745. The first kappa shape index (κ1) is 14.3. The van der Waals surface area contributed by atoms with Gasteiger partial charge in [-0.15, -0.1) is 0 Å². The number of aromatic nitrogens is 1. The van der Waals surface area contributed by atoms with Gasteiger partial charge in [-0.2, -0.15) is 0 Å². The van der Waals surface area contributed by atoms with Crippen LogP contribution in [0, 0.1) is 5.82 Å². The first-order valence-corrected chi connectivity index (χ1v) is 7.30. The quantitative estimate of drug-likeness (QED) is 0.890. The van der Waals surface area contributed by atoms with E-state index >= 15 is 0 Å². The number of aliphatic hydroxyl groups is 1. The number of pyridine rings is 1. The highest BCUT2D eigenvalue weighted by Crippen LogP contribution is 2.40. The maximum absolute atomic E-state index is 14.1. The van der Waals surface area contributed by atoms with Crippen LogP contribution in [0.2, 0.25) is 0 Å². The van der Waals surface area contributed by atoms with Crippen molar-refractivity contribution in [2.75, 3.05) is 19.0 Å². The number of halogens is 2. The number of anilines is 1. The molecule has 0 aliphatic carbocycles. The Balaban J connectivity index is 1.94. The molecule has 0 saturated heterocycles. The van der Waals surface area contributed by atoms with Crippen LogP contribution in [0.15, 0.2) is 34.9 Å². The largest absolute Gasteiger partial charge is 0.497 e. The van der Waals surface area contributed by atoms with Gasteiger partial charge in [-0.1, -0.05) is 0 Å². The molecule has 1 aromatic heterocycles. The van der Waals surface area contributed by atoms with Crippen LogP contribution in [-0.2, 0) is 0 Å². The fourth-order valence-electron chi connectivity index (χ4n) is 2.58. The normalized spacial score (nSPS) is 18.0. The Kier molecular flexibility index (Phi) is 3.82. The Morgan fingerprint density at radius 1 is 1.48 bits per heavy atom. The van der Waals surface area contributed by atoms with Crippen molar-refractivity contribution in [3.8, 4) is 5.75 Å². The van der Waals surface area contributed by atoms with Crippen molar-refractivity contribution in [2.24, 2.45) is 0 Å². The standard InChI is InChI=1S/C15H14BrFN2O2/c1-21-9-2-3-10(13(17)5-9)14(20)12-7-19-15-11(12)4-8(16)6-18-15/h2-6,12,14,20H,7H2,1H3,(H,18,19). The number of aliphatic hydroxyl groups excluding tert-OH is 1. The molecule has 2 aromatic rings. The summed E-state index contributed by atoms with van der Waals surface area (Å²) in [4.78, 5) is 4.25. The lowest BCUT2D eigenvalue weighted by atomic mass is 9.91. The van der Waals surface area contributed by atoms with Crippen molar-refractivity contribution in [3.05, 3.63) is 51.9 Å². The van der Waals surface area contributed by atoms with E-state index in [4.69, 9.17) is 4.74 Å². The van der Waals surface area contributed by atoms with Gasteiger partial charge in [0.1, 0.15) is 17.4 Å². The van der Waals surface area contributed by atoms with E-state index in [1.807, 2.05) is 6.07 Å². The topological polar surface area (TPSA) is 54.4 Å². The molecule has 2 heterocycles. The predicted octanol–water partition coefficient (Wildman–Crippen LogP) is 3.23. The smallest absolute Gasteiger partial charge is 0.132 e. The number of hydrogen-bond donors (Lipinski definition) is 2. The van der Waals surface area contributed by atoms with E-state index in [-0.39, 0.29) is 11.5 Å². The molecule has 3 rings (SSSR count). The Labute approximate surface area is 130 Å². The third-order valence-electron chi connectivity index (χ3n) is 3.68. The highest BCUT2D eigenvalue weighted by Gasteiger charge is 2.32. The van der Waals surface area contributed by atoms with Gasteiger partial charge in [0, 0.05) is 40.3 Å². The first-order chi connectivity index (χ1) is 10.1. The van der Waals surface area contributed by atoms with E-state index in [0.29, 0.717) is 12.3 Å². The van der Waals surface area contributed by atoms with E-state index in [0.717, 1.165) is 15.9 Å². The highest BCUT2D eigenvalue weighted by molar-refractivity contribution is 9.10. The van der Waals surface area contributed by atoms with Gasteiger partial charge in [-0.05, 0) is 34.1 Å². The summed E-state index contributed by atoms with van der Waals surface area (Å²) >= 11 is 3.37. The van der Waals surface area contributed by atoms with Crippen molar-refractivity contribution in [1.82, 2.24) is 4.98 Å². The van der Waals surface area contributed by atoms with Crippen LogP contribution in [0.3, 0.4) is 0 Å². The molecule has 0 radical (unpaired) electrons. The SMILES string of the molecule is COc1ccc(C(O)C2CNc3ncc(Br)cc32)c(F)c1. The van der Waals surface area contributed by atoms with Crippen molar-refractivity contribution in [1.29, 1.82) is 0 Å². The maximum Gasteiger partial charge on any atom is 0.132 e. The van der Waals surface area contributed by atoms with Gasteiger partial charge < -0.3 is 15.2 Å². The van der Waals surface area contributed by atoms with Crippen molar-refractivity contribution in [3.63, 3.8) is 0 Å². The lowest BCUT2D eigenvalue weighted by molar-refractivity contribution is 0.147. The summed E-state index contributed by atoms with van der Waals surface area (Å²) in [6.45, 7) is 0.519. The summed E-state index contributed by atoms with van der Waals surface area (Å²) < 4.78 is 19.9. The minimum absolute atomic E-state index is 0.243. The molecule has 0 fully saturated rings. The zero-order valence-electron chi connectivity index (χ0n) is 11.3.